The van der Waals surface area contributed by atoms with E-state index in [0.29, 0.717) is 11.7 Å². The predicted octanol–water partition coefficient (Wildman–Crippen LogP) is 2.84. The largest absolute Gasteiger partial charge is 0.300 e. The van der Waals surface area contributed by atoms with E-state index < -0.39 is 0 Å². The van der Waals surface area contributed by atoms with Gasteiger partial charge in [-0.25, -0.2) is 0 Å². The topological polar surface area (TPSA) is 17.1 Å². The lowest BCUT2D eigenvalue weighted by Crippen LogP contribution is -2.30. The van der Waals surface area contributed by atoms with Crippen LogP contribution in [0, 0.1) is 11.8 Å². The molecule has 14 heavy (non-hydrogen) atoms. The molecular weight excluding hydrogens is 172 g/mol. The molecule has 1 heteroatoms. The van der Waals surface area contributed by atoms with E-state index in [4.69, 9.17) is 0 Å². The van der Waals surface area contributed by atoms with E-state index in [1.807, 2.05) is 6.07 Å². The molecule has 0 N–H and O–H groups in total. The zero-order valence-electron chi connectivity index (χ0n) is 8.57. The van der Waals surface area contributed by atoms with Crippen molar-refractivity contribution in [1.29, 1.82) is 0 Å². The van der Waals surface area contributed by atoms with Crippen LogP contribution in [-0.4, -0.2) is 5.78 Å². The molecule has 74 valence electrons. The van der Waals surface area contributed by atoms with Crippen molar-refractivity contribution >= 4 is 5.78 Å². The van der Waals surface area contributed by atoms with Gasteiger partial charge >= 0.3 is 0 Å². The lowest BCUT2D eigenvalue weighted by molar-refractivity contribution is -0.124. The van der Waals surface area contributed by atoms with Crippen LogP contribution in [0.3, 0.4) is 0 Å². The summed E-state index contributed by atoms with van der Waals surface area (Å²) in [6, 6.07) is 10.5. The van der Waals surface area contributed by atoms with Crippen LogP contribution in [0.2, 0.25) is 0 Å². The second kappa shape index (κ2) is 3.95. The van der Waals surface area contributed by atoms with E-state index in [0.717, 1.165) is 25.2 Å². The fraction of sp³-hybridized carbons (Fsp3) is 0.462. The summed E-state index contributed by atoms with van der Waals surface area (Å²) in [5.41, 5.74) is 1.40. The van der Waals surface area contributed by atoms with Crippen LogP contribution in [0.5, 0.6) is 0 Å². The van der Waals surface area contributed by atoms with E-state index in [-0.39, 0.29) is 0 Å². The second-order valence-electron chi connectivity index (χ2n) is 4.33. The van der Waals surface area contributed by atoms with Crippen molar-refractivity contribution in [2.45, 2.75) is 26.2 Å². The molecule has 1 aliphatic rings. The van der Waals surface area contributed by atoms with Gasteiger partial charge in [0.25, 0.3) is 0 Å². The van der Waals surface area contributed by atoms with E-state index in [9.17, 15) is 4.79 Å². The van der Waals surface area contributed by atoms with Gasteiger partial charge in [-0.05, 0) is 37.7 Å². The van der Waals surface area contributed by atoms with Crippen molar-refractivity contribution in [3.8, 4) is 0 Å². The molecular formula is C13H16O. The highest BCUT2D eigenvalue weighted by molar-refractivity contribution is 5.79. The molecule has 0 saturated heterocycles. The van der Waals surface area contributed by atoms with Gasteiger partial charge in [-0.3, -0.25) is 4.79 Å². The number of hydrogen-bond acceptors (Lipinski definition) is 1. The van der Waals surface area contributed by atoms with Crippen molar-refractivity contribution in [2.24, 2.45) is 11.8 Å². The van der Waals surface area contributed by atoms with Crippen molar-refractivity contribution in [2.75, 3.05) is 0 Å². The molecule has 0 aromatic heterocycles. The normalized spacial score (nSPS) is 25.5. The Balaban J connectivity index is 1.82. The quantitative estimate of drug-likeness (QED) is 0.712. The smallest absolute Gasteiger partial charge is 0.132 e. The van der Waals surface area contributed by atoms with Gasteiger partial charge in [0.05, 0.1) is 0 Å². The SMILES string of the molecule is CC(=O)C1CC(Cc2ccccc2)C1. The minimum absolute atomic E-state index is 0.365. The van der Waals surface area contributed by atoms with Crippen molar-refractivity contribution in [3.05, 3.63) is 35.9 Å². The number of carbonyl (C=O) groups is 1. The third-order valence-corrected chi connectivity index (χ3v) is 3.18. The van der Waals surface area contributed by atoms with E-state index in [2.05, 4.69) is 24.3 Å². The molecule has 1 fully saturated rings. The summed E-state index contributed by atoms with van der Waals surface area (Å²) in [4.78, 5) is 11.0. The number of benzene rings is 1. The molecule has 1 aromatic rings. The van der Waals surface area contributed by atoms with Crippen LogP contribution in [0.15, 0.2) is 30.3 Å². The van der Waals surface area contributed by atoms with Gasteiger partial charge in [0, 0.05) is 5.92 Å². The van der Waals surface area contributed by atoms with Crippen LogP contribution in [-0.2, 0) is 11.2 Å². The summed E-state index contributed by atoms with van der Waals surface area (Å²) in [6.45, 7) is 1.71. The van der Waals surface area contributed by atoms with Crippen LogP contribution in [0.25, 0.3) is 0 Å². The molecule has 0 aliphatic heterocycles. The lowest BCUT2D eigenvalue weighted by atomic mass is 9.70. The third kappa shape index (κ3) is 2.03. The molecule has 1 saturated carbocycles. The number of ketones is 1. The van der Waals surface area contributed by atoms with Gasteiger partial charge in [-0.2, -0.15) is 0 Å². The molecule has 0 radical (unpaired) electrons. The molecule has 0 amide bonds. The molecule has 0 unspecified atom stereocenters. The number of hydrogen-bond donors (Lipinski definition) is 0. The lowest BCUT2D eigenvalue weighted by Gasteiger charge is -2.33. The Kier molecular flexibility index (Phi) is 2.67. The molecule has 0 heterocycles. The fourth-order valence-corrected chi connectivity index (χ4v) is 2.18. The summed E-state index contributed by atoms with van der Waals surface area (Å²) in [6.07, 6.45) is 3.35. The summed E-state index contributed by atoms with van der Waals surface area (Å²) in [5, 5.41) is 0. The van der Waals surface area contributed by atoms with Gasteiger partial charge in [-0.1, -0.05) is 30.3 Å². The third-order valence-electron chi connectivity index (χ3n) is 3.18. The highest BCUT2D eigenvalue weighted by atomic mass is 16.1. The van der Waals surface area contributed by atoms with E-state index in [1.165, 1.54) is 5.56 Å². The summed E-state index contributed by atoms with van der Waals surface area (Å²) < 4.78 is 0. The predicted molar refractivity (Wildman–Crippen MR) is 57.0 cm³/mol. The van der Waals surface area contributed by atoms with Gasteiger partial charge in [0.15, 0.2) is 0 Å². The minimum atomic E-state index is 0.365. The average Bonchev–Trinajstić information content (AvgIpc) is 2.12. The van der Waals surface area contributed by atoms with E-state index >= 15 is 0 Å². The summed E-state index contributed by atoms with van der Waals surface area (Å²) >= 11 is 0. The highest BCUT2D eigenvalue weighted by Crippen LogP contribution is 2.36. The number of carbonyl (C=O) groups excluding carboxylic acids is 1. The van der Waals surface area contributed by atoms with Crippen LogP contribution in [0.1, 0.15) is 25.3 Å². The monoisotopic (exact) mass is 188 g/mol. The van der Waals surface area contributed by atoms with Gasteiger partial charge in [0.1, 0.15) is 5.78 Å². The van der Waals surface area contributed by atoms with Gasteiger partial charge in [-0.15, -0.1) is 0 Å². The zero-order valence-corrected chi connectivity index (χ0v) is 8.57. The van der Waals surface area contributed by atoms with Crippen LogP contribution >= 0.6 is 0 Å². The molecule has 1 nitrogen and oxygen atoms in total. The summed E-state index contributed by atoms with van der Waals surface area (Å²) in [7, 11) is 0. The maximum atomic E-state index is 11.0. The van der Waals surface area contributed by atoms with Crippen LogP contribution in [0.4, 0.5) is 0 Å². The first kappa shape index (κ1) is 9.45. The Morgan fingerprint density at radius 2 is 1.93 bits per heavy atom. The highest BCUT2D eigenvalue weighted by Gasteiger charge is 2.31. The van der Waals surface area contributed by atoms with Gasteiger partial charge < -0.3 is 0 Å². The fourth-order valence-electron chi connectivity index (χ4n) is 2.18. The molecule has 1 aromatic carbocycles. The second-order valence-corrected chi connectivity index (χ2v) is 4.33. The first-order chi connectivity index (χ1) is 6.75. The minimum Gasteiger partial charge on any atom is -0.300 e. The molecule has 2 rings (SSSR count). The van der Waals surface area contributed by atoms with Crippen molar-refractivity contribution < 1.29 is 4.79 Å². The standard InChI is InChI=1S/C13H16O/c1-10(14)13-8-12(9-13)7-11-5-3-2-4-6-11/h2-6,12-13H,7-9H2,1H3. The molecule has 1 aliphatic carbocycles. The van der Waals surface area contributed by atoms with E-state index in [1.54, 1.807) is 6.92 Å². The Morgan fingerprint density at radius 1 is 1.29 bits per heavy atom. The number of rotatable bonds is 3. The Labute approximate surface area is 85.1 Å². The van der Waals surface area contributed by atoms with Crippen molar-refractivity contribution in [3.63, 3.8) is 0 Å². The molecule has 0 bridgehead atoms. The maximum absolute atomic E-state index is 11.0. The van der Waals surface area contributed by atoms with Crippen LogP contribution < -0.4 is 0 Å². The Hall–Kier alpha value is -1.11. The van der Waals surface area contributed by atoms with Crippen molar-refractivity contribution in [1.82, 2.24) is 0 Å². The first-order valence-corrected chi connectivity index (χ1v) is 5.30. The zero-order chi connectivity index (χ0) is 9.97. The number of Topliss-reactive ketones (excluding diaryl/α,β-unsaturated/α-hetero) is 1. The summed E-state index contributed by atoms with van der Waals surface area (Å²) in [5.74, 6) is 1.48. The van der Waals surface area contributed by atoms with Gasteiger partial charge in [0.2, 0.25) is 0 Å². The average molecular weight is 188 g/mol. The molecule has 0 spiro atoms. The Morgan fingerprint density at radius 3 is 2.50 bits per heavy atom. The first-order valence-electron chi connectivity index (χ1n) is 5.30. The maximum Gasteiger partial charge on any atom is 0.132 e. The Bertz CT molecular complexity index is 309. The molecule has 0 atom stereocenters.